The number of rotatable bonds is 0. The third kappa shape index (κ3) is 1.25. The van der Waals surface area contributed by atoms with E-state index in [4.69, 9.17) is 0 Å². The Morgan fingerprint density at radius 2 is 1.73 bits per heavy atom. The van der Waals surface area contributed by atoms with Crippen molar-refractivity contribution in [2.24, 2.45) is 11.8 Å². The van der Waals surface area contributed by atoms with Crippen LogP contribution in [0.15, 0.2) is 24.3 Å². The van der Waals surface area contributed by atoms with E-state index in [1.165, 1.54) is 0 Å². The molecule has 1 heteroatoms. The number of fused-ring (bicyclic) bond motifs is 1. The van der Waals surface area contributed by atoms with Crippen LogP contribution in [0, 0.1) is 11.8 Å². The van der Waals surface area contributed by atoms with Gasteiger partial charge in [0.1, 0.15) is 0 Å². The minimum atomic E-state index is -0.182. The second-order valence-corrected chi connectivity index (χ2v) is 3.52. The molecule has 0 radical (unpaired) electrons. The zero-order valence-electron chi connectivity index (χ0n) is 6.61. The van der Waals surface area contributed by atoms with Gasteiger partial charge in [-0.15, -0.1) is 0 Å². The van der Waals surface area contributed by atoms with Gasteiger partial charge in [0.05, 0.1) is 6.10 Å². The number of allylic oxidation sites excluding steroid dienone is 3. The molecule has 0 heterocycles. The minimum absolute atomic E-state index is 0.182. The summed E-state index contributed by atoms with van der Waals surface area (Å²) in [4.78, 5) is 0. The first kappa shape index (κ1) is 7.11. The van der Waals surface area contributed by atoms with Crippen molar-refractivity contribution >= 4 is 0 Å². The van der Waals surface area contributed by atoms with Gasteiger partial charge in [-0.1, -0.05) is 24.3 Å². The highest BCUT2D eigenvalue weighted by Crippen LogP contribution is 2.34. The fourth-order valence-corrected chi connectivity index (χ4v) is 2.12. The molecule has 0 bridgehead atoms. The van der Waals surface area contributed by atoms with E-state index in [0.717, 1.165) is 19.3 Å². The summed E-state index contributed by atoms with van der Waals surface area (Å²) in [5.74, 6) is 1.21. The molecule has 0 aromatic rings. The summed E-state index contributed by atoms with van der Waals surface area (Å²) in [5.41, 5.74) is 0. The molecule has 3 atom stereocenters. The third-order valence-corrected chi connectivity index (χ3v) is 2.83. The highest BCUT2D eigenvalue weighted by atomic mass is 16.3. The Morgan fingerprint density at radius 3 is 2.55 bits per heavy atom. The van der Waals surface area contributed by atoms with Gasteiger partial charge in [-0.05, 0) is 31.1 Å². The molecule has 1 N–H and O–H groups in total. The van der Waals surface area contributed by atoms with Crippen LogP contribution in [0.2, 0.25) is 0 Å². The standard InChI is InChI=1S/C10H14O/c11-10-7-3-5-8-4-1-2-6-9(8)10/h1-3,7-11H,4-6H2/t8?,9?,10-/m0/s1. The molecule has 0 saturated heterocycles. The molecule has 11 heavy (non-hydrogen) atoms. The van der Waals surface area contributed by atoms with Crippen molar-refractivity contribution in [3.8, 4) is 0 Å². The molecule has 0 aromatic heterocycles. The van der Waals surface area contributed by atoms with Gasteiger partial charge in [-0.2, -0.15) is 0 Å². The second-order valence-electron chi connectivity index (χ2n) is 3.52. The Bertz CT molecular complexity index is 193. The van der Waals surface area contributed by atoms with Gasteiger partial charge in [-0.3, -0.25) is 0 Å². The van der Waals surface area contributed by atoms with Crippen LogP contribution < -0.4 is 0 Å². The number of hydrogen-bond donors (Lipinski definition) is 1. The van der Waals surface area contributed by atoms with E-state index in [-0.39, 0.29) is 6.10 Å². The minimum Gasteiger partial charge on any atom is -0.389 e. The van der Waals surface area contributed by atoms with Crippen LogP contribution in [0.5, 0.6) is 0 Å². The molecule has 2 unspecified atom stereocenters. The van der Waals surface area contributed by atoms with Gasteiger partial charge in [0.25, 0.3) is 0 Å². The summed E-state index contributed by atoms with van der Waals surface area (Å²) in [6.07, 6.45) is 11.7. The molecule has 60 valence electrons. The van der Waals surface area contributed by atoms with Crippen molar-refractivity contribution in [3.05, 3.63) is 24.3 Å². The summed E-state index contributed by atoms with van der Waals surface area (Å²) in [5, 5.41) is 9.58. The lowest BCUT2D eigenvalue weighted by molar-refractivity contribution is 0.101. The first-order valence-corrected chi connectivity index (χ1v) is 4.37. The van der Waals surface area contributed by atoms with E-state index < -0.39 is 0 Å². The van der Waals surface area contributed by atoms with Gasteiger partial charge in [0, 0.05) is 0 Å². The summed E-state index contributed by atoms with van der Waals surface area (Å²) < 4.78 is 0. The maximum atomic E-state index is 9.58. The van der Waals surface area contributed by atoms with Gasteiger partial charge >= 0.3 is 0 Å². The van der Waals surface area contributed by atoms with E-state index in [9.17, 15) is 5.11 Å². The van der Waals surface area contributed by atoms with Crippen molar-refractivity contribution in [3.63, 3.8) is 0 Å². The zero-order valence-corrected chi connectivity index (χ0v) is 6.61. The molecule has 2 aliphatic carbocycles. The SMILES string of the molecule is O[C@H]1C=CCC2CC=CCC21. The maximum Gasteiger partial charge on any atom is 0.0754 e. The lowest BCUT2D eigenvalue weighted by Gasteiger charge is -2.33. The Morgan fingerprint density at radius 1 is 1.00 bits per heavy atom. The molecule has 0 saturated carbocycles. The van der Waals surface area contributed by atoms with Crippen LogP contribution >= 0.6 is 0 Å². The highest BCUT2D eigenvalue weighted by molar-refractivity contribution is 5.07. The summed E-state index contributed by atoms with van der Waals surface area (Å²) in [7, 11) is 0. The van der Waals surface area contributed by atoms with Gasteiger partial charge in [0.15, 0.2) is 0 Å². The Balaban J connectivity index is 2.15. The normalized spacial score (nSPS) is 42.1. The highest BCUT2D eigenvalue weighted by Gasteiger charge is 2.28. The van der Waals surface area contributed by atoms with E-state index in [0.29, 0.717) is 11.8 Å². The molecular weight excluding hydrogens is 136 g/mol. The monoisotopic (exact) mass is 150 g/mol. The molecule has 0 fully saturated rings. The van der Waals surface area contributed by atoms with Crippen LogP contribution in [0.4, 0.5) is 0 Å². The molecule has 0 amide bonds. The fraction of sp³-hybridized carbons (Fsp3) is 0.600. The summed E-state index contributed by atoms with van der Waals surface area (Å²) in [6, 6.07) is 0. The largest absolute Gasteiger partial charge is 0.389 e. The van der Waals surface area contributed by atoms with E-state index in [1.54, 1.807) is 0 Å². The average molecular weight is 150 g/mol. The average Bonchev–Trinajstić information content (AvgIpc) is 2.06. The Labute approximate surface area is 67.4 Å². The maximum absolute atomic E-state index is 9.58. The molecule has 0 spiro atoms. The van der Waals surface area contributed by atoms with Crippen LogP contribution in [-0.4, -0.2) is 11.2 Å². The van der Waals surface area contributed by atoms with E-state index >= 15 is 0 Å². The van der Waals surface area contributed by atoms with Crippen LogP contribution in [0.25, 0.3) is 0 Å². The summed E-state index contributed by atoms with van der Waals surface area (Å²) >= 11 is 0. The van der Waals surface area contributed by atoms with Crippen LogP contribution in [0.1, 0.15) is 19.3 Å². The molecule has 0 aliphatic heterocycles. The Kier molecular flexibility index (Phi) is 1.82. The van der Waals surface area contributed by atoms with Crippen LogP contribution in [0.3, 0.4) is 0 Å². The zero-order chi connectivity index (χ0) is 7.68. The predicted octanol–water partition coefficient (Wildman–Crippen LogP) is 1.89. The van der Waals surface area contributed by atoms with Gasteiger partial charge in [-0.25, -0.2) is 0 Å². The molecule has 0 aromatic carbocycles. The summed E-state index contributed by atoms with van der Waals surface area (Å²) in [6.45, 7) is 0. The topological polar surface area (TPSA) is 20.2 Å². The van der Waals surface area contributed by atoms with Gasteiger partial charge in [0.2, 0.25) is 0 Å². The molecule has 2 aliphatic rings. The molecule has 2 rings (SSSR count). The van der Waals surface area contributed by atoms with Crippen LogP contribution in [-0.2, 0) is 0 Å². The molecular formula is C10H14O. The quantitative estimate of drug-likeness (QED) is 0.523. The first-order valence-electron chi connectivity index (χ1n) is 4.37. The van der Waals surface area contributed by atoms with Crippen molar-refractivity contribution in [2.75, 3.05) is 0 Å². The second kappa shape index (κ2) is 2.82. The number of aliphatic hydroxyl groups excluding tert-OH is 1. The van der Waals surface area contributed by atoms with E-state index in [2.05, 4.69) is 18.2 Å². The molecule has 1 nitrogen and oxygen atoms in total. The number of hydrogen-bond acceptors (Lipinski definition) is 1. The smallest absolute Gasteiger partial charge is 0.0754 e. The van der Waals surface area contributed by atoms with Crippen molar-refractivity contribution in [2.45, 2.75) is 25.4 Å². The van der Waals surface area contributed by atoms with Crippen molar-refractivity contribution in [1.29, 1.82) is 0 Å². The Hall–Kier alpha value is -0.560. The van der Waals surface area contributed by atoms with E-state index in [1.807, 2.05) is 6.08 Å². The van der Waals surface area contributed by atoms with Crippen molar-refractivity contribution in [1.82, 2.24) is 0 Å². The van der Waals surface area contributed by atoms with Gasteiger partial charge < -0.3 is 5.11 Å². The lowest BCUT2D eigenvalue weighted by Crippen LogP contribution is -2.30. The lowest BCUT2D eigenvalue weighted by atomic mass is 9.75. The first-order chi connectivity index (χ1) is 5.38. The fourth-order valence-electron chi connectivity index (χ4n) is 2.12. The van der Waals surface area contributed by atoms with Crippen molar-refractivity contribution < 1.29 is 5.11 Å². The predicted molar refractivity (Wildman–Crippen MR) is 45.1 cm³/mol. The third-order valence-electron chi connectivity index (χ3n) is 2.83. The number of aliphatic hydroxyl groups is 1.